The van der Waals surface area contributed by atoms with Gasteiger partial charge < -0.3 is 15.3 Å². The van der Waals surface area contributed by atoms with Crippen LogP contribution in [0.5, 0.6) is 5.88 Å². The van der Waals surface area contributed by atoms with Crippen molar-refractivity contribution < 1.29 is 33.3 Å². The van der Waals surface area contributed by atoms with Crippen molar-refractivity contribution in [2.45, 2.75) is 84.0 Å². The van der Waals surface area contributed by atoms with Gasteiger partial charge in [-0.05, 0) is 49.1 Å². The van der Waals surface area contributed by atoms with Gasteiger partial charge in [0, 0.05) is 13.0 Å². The summed E-state index contributed by atoms with van der Waals surface area (Å²) in [6.07, 6.45) is -1.73. The number of carboxylic acids is 1. The number of unbranched alkanes of at least 4 members (excludes halogenated alkanes) is 3. The first-order valence-electron chi connectivity index (χ1n) is 11.4. The number of carbonyl (C=O) groups is 1. The minimum absolute atomic E-state index is 0.105. The van der Waals surface area contributed by atoms with Crippen molar-refractivity contribution in [3.05, 3.63) is 51.6 Å². The van der Waals surface area contributed by atoms with E-state index in [1.165, 1.54) is 10.6 Å². The molecule has 0 aliphatic carbocycles. The maximum atomic E-state index is 13.0. The van der Waals surface area contributed by atoms with Crippen LogP contribution in [0.15, 0.2) is 29.1 Å². The van der Waals surface area contributed by atoms with Crippen molar-refractivity contribution in [3.63, 3.8) is 0 Å². The van der Waals surface area contributed by atoms with Crippen LogP contribution < -0.4 is 5.69 Å². The molecule has 1 heterocycles. The maximum absolute atomic E-state index is 13.0. The number of H-pyrrole nitrogens is 1. The van der Waals surface area contributed by atoms with Crippen LogP contribution in [-0.2, 0) is 30.4 Å². The molecule has 0 fully saturated rings. The minimum Gasteiger partial charge on any atom is -0.493 e. The summed E-state index contributed by atoms with van der Waals surface area (Å²) in [5.41, 5.74) is -1.11. The van der Waals surface area contributed by atoms with Crippen LogP contribution in [0.1, 0.15) is 69.2 Å². The van der Waals surface area contributed by atoms with Gasteiger partial charge in [0.1, 0.15) is 0 Å². The van der Waals surface area contributed by atoms with E-state index < -0.39 is 34.9 Å². The van der Waals surface area contributed by atoms with Gasteiger partial charge in [-0.3, -0.25) is 14.3 Å². The predicted octanol–water partition coefficient (Wildman–Crippen LogP) is 4.50. The number of benzene rings is 1. The maximum Gasteiger partial charge on any atom is 0.416 e. The van der Waals surface area contributed by atoms with Crippen molar-refractivity contribution in [1.29, 1.82) is 0 Å². The zero-order valence-electron chi connectivity index (χ0n) is 19.5. The Morgan fingerprint density at radius 3 is 2.47 bits per heavy atom. The van der Waals surface area contributed by atoms with E-state index in [2.05, 4.69) is 4.98 Å². The van der Waals surface area contributed by atoms with Crippen LogP contribution in [0.25, 0.3) is 0 Å². The highest BCUT2D eigenvalue weighted by atomic mass is 19.4. The van der Waals surface area contributed by atoms with Gasteiger partial charge in [-0.1, -0.05) is 44.9 Å². The number of imidazole rings is 1. The molecule has 34 heavy (non-hydrogen) atoms. The van der Waals surface area contributed by atoms with E-state index in [9.17, 15) is 33.0 Å². The highest BCUT2D eigenvalue weighted by molar-refractivity contribution is 5.66. The number of hydrogen-bond donors (Lipinski definition) is 4. The van der Waals surface area contributed by atoms with Gasteiger partial charge in [-0.25, -0.2) is 4.79 Å². The van der Waals surface area contributed by atoms with Crippen molar-refractivity contribution in [3.8, 4) is 5.88 Å². The van der Waals surface area contributed by atoms with Gasteiger partial charge in [0.25, 0.3) is 0 Å². The molecule has 1 aromatic heterocycles. The number of rotatable bonds is 13. The quantitative estimate of drug-likeness (QED) is 0.311. The average Bonchev–Trinajstić information content (AvgIpc) is 3.00. The molecule has 0 aliphatic heterocycles. The number of carboxylic acid groups (broad SMARTS) is 1. The molecular formula is C24H33F3N2O5. The first kappa shape index (κ1) is 27.5. The number of aromatic hydroxyl groups is 1. The summed E-state index contributed by atoms with van der Waals surface area (Å²) in [6.45, 7) is 3.65. The third-order valence-corrected chi connectivity index (χ3v) is 6.07. The molecule has 0 amide bonds. The Bertz CT molecular complexity index is 1010. The molecule has 4 N–H and O–H groups in total. The summed E-state index contributed by atoms with van der Waals surface area (Å²) in [5.74, 6) is -1.07. The number of nitrogens with zero attached hydrogens (tertiary/aromatic N) is 1. The molecule has 1 atom stereocenters. The third kappa shape index (κ3) is 7.93. The minimum atomic E-state index is -4.44. The molecular weight excluding hydrogens is 453 g/mol. The number of aliphatic carboxylic acids is 1. The second-order valence-corrected chi connectivity index (χ2v) is 9.35. The van der Waals surface area contributed by atoms with E-state index in [1.807, 2.05) is 0 Å². The second kappa shape index (κ2) is 11.6. The van der Waals surface area contributed by atoms with Crippen LogP contribution >= 0.6 is 0 Å². The SMILES string of the molecule is CC(C)(Cc1cccc(C(F)(F)F)c1)C(O)CCn1c(CCCCCCC(=O)O)c(O)[nH]c1=O. The molecule has 1 aromatic carbocycles. The van der Waals surface area contributed by atoms with E-state index in [0.717, 1.165) is 25.0 Å². The van der Waals surface area contributed by atoms with Gasteiger partial charge in [0.2, 0.25) is 5.88 Å². The summed E-state index contributed by atoms with van der Waals surface area (Å²) in [5, 5.41) is 29.5. The molecule has 7 nitrogen and oxygen atoms in total. The van der Waals surface area contributed by atoms with Gasteiger partial charge in [-0.2, -0.15) is 13.2 Å². The van der Waals surface area contributed by atoms with Crippen molar-refractivity contribution >= 4 is 5.97 Å². The Labute approximate surface area is 196 Å². The molecule has 0 saturated heterocycles. The molecule has 0 saturated carbocycles. The number of hydrogen-bond acceptors (Lipinski definition) is 4. The van der Waals surface area contributed by atoms with Crippen LogP contribution in [0, 0.1) is 5.41 Å². The van der Waals surface area contributed by atoms with Crippen LogP contribution in [0.4, 0.5) is 13.2 Å². The molecule has 0 aliphatic rings. The lowest BCUT2D eigenvalue weighted by Gasteiger charge is -2.31. The van der Waals surface area contributed by atoms with E-state index in [-0.39, 0.29) is 31.7 Å². The Morgan fingerprint density at radius 2 is 1.82 bits per heavy atom. The summed E-state index contributed by atoms with van der Waals surface area (Å²) in [7, 11) is 0. The molecule has 190 valence electrons. The van der Waals surface area contributed by atoms with Crippen LogP contribution in [-0.4, -0.2) is 36.9 Å². The van der Waals surface area contributed by atoms with Gasteiger partial charge in [-0.15, -0.1) is 0 Å². The van der Waals surface area contributed by atoms with Crippen molar-refractivity contribution in [2.24, 2.45) is 5.41 Å². The molecule has 1 unspecified atom stereocenters. The third-order valence-electron chi connectivity index (χ3n) is 6.07. The van der Waals surface area contributed by atoms with Gasteiger partial charge >= 0.3 is 17.8 Å². The Morgan fingerprint density at radius 1 is 1.15 bits per heavy atom. The van der Waals surface area contributed by atoms with Crippen LogP contribution in [0.2, 0.25) is 0 Å². The number of alkyl halides is 3. The fraction of sp³-hybridized carbons (Fsp3) is 0.583. The van der Waals surface area contributed by atoms with Gasteiger partial charge in [0.05, 0.1) is 17.4 Å². The largest absolute Gasteiger partial charge is 0.493 e. The van der Waals surface area contributed by atoms with E-state index in [0.29, 0.717) is 30.5 Å². The molecule has 0 spiro atoms. The number of aliphatic hydroxyl groups is 1. The first-order chi connectivity index (χ1) is 15.8. The second-order valence-electron chi connectivity index (χ2n) is 9.35. The first-order valence-corrected chi connectivity index (χ1v) is 11.4. The predicted molar refractivity (Wildman–Crippen MR) is 121 cm³/mol. The number of aromatic amines is 1. The topological polar surface area (TPSA) is 116 Å². The van der Waals surface area contributed by atoms with E-state index in [1.54, 1.807) is 19.9 Å². The van der Waals surface area contributed by atoms with Gasteiger partial charge in [0.15, 0.2) is 0 Å². The summed E-state index contributed by atoms with van der Waals surface area (Å²) < 4.78 is 40.4. The standard InChI is InChI=1S/C24H33F3N2O5/c1-23(2,15-16-8-7-9-17(14-16)24(25,26)27)19(30)12-13-29-18(21(33)28-22(29)34)10-5-3-4-6-11-20(31)32/h7-9,14,19,30,33H,3-6,10-13,15H2,1-2H3,(H,28,34)(H,31,32). The van der Waals surface area contributed by atoms with Crippen molar-refractivity contribution in [2.75, 3.05) is 0 Å². The fourth-order valence-electron chi connectivity index (χ4n) is 4.05. The molecule has 0 bridgehead atoms. The van der Waals surface area contributed by atoms with E-state index >= 15 is 0 Å². The lowest BCUT2D eigenvalue weighted by Crippen LogP contribution is -2.33. The Balaban J connectivity index is 1.97. The lowest BCUT2D eigenvalue weighted by molar-refractivity contribution is -0.138. The number of halogens is 3. The average molecular weight is 487 g/mol. The zero-order valence-corrected chi connectivity index (χ0v) is 19.5. The molecule has 2 rings (SSSR count). The zero-order chi connectivity index (χ0) is 25.5. The molecule has 10 heteroatoms. The van der Waals surface area contributed by atoms with E-state index in [4.69, 9.17) is 5.11 Å². The highest BCUT2D eigenvalue weighted by Crippen LogP contribution is 2.33. The lowest BCUT2D eigenvalue weighted by atomic mass is 9.79. The fourth-order valence-corrected chi connectivity index (χ4v) is 4.05. The molecule has 2 aromatic rings. The highest BCUT2D eigenvalue weighted by Gasteiger charge is 2.32. The summed E-state index contributed by atoms with van der Waals surface area (Å²) >= 11 is 0. The Hall–Kier alpha value is -2.75. The smallest absolute Gasteiger partial charge is 0.416 e. The number of aromatic nitrogens is 2. The Kier molecular flexibility index (Phi) is 9.37. The summed E-state index contributed by atoms with van der Waals surface area (Å²) in [4.78, 5) is 25.2. The number of aliphatic hydroxyl groups excluding tert-OH is 1. The van der Waals surface area contributed by atoms with Crippen LogP contribution in [0.3, 0.4) is 0 Å². The summed E-state index contributed by atoms with van der Waals surface area (Å²) in [6, 6.07) is 5.02. The number of nitrogens with one attached hydrogen (secondary N) is 1. The van der Waals surface area contributed by atoms with Crippen molar-refractivity contribution in [1.82, 2.24) is 9.55 Å². The monoisotopic (exact) mass is 486 g/mol. The molecule has 0 radical (unpaired) electrons. The normalized spacial score (nSPS) is 13.2.